The molecule has 0 aliphatic carbocycles. The van der Waals surface area contributed by atoms with Crippen molar-refractivity contribution in [1.82, 2.24) is 14.8 Å². The Morgan fingerprint density at radius 3 is 2.25 bits per heavy atom. The monoisotopic (exact) mass is 493 g/mol. The zero-order valence-corrected chi connectivity index (χ0v) is 20.4. The van der Waals surface area contributed by atoms with Crippen LogP contribution in [0.4, 0.5) is 13.2 Å². The molecule has 0 saturated heterocycles. The molecule has 1 N–H and O–H groups in total. The van der Waals surface area contributed by atoms with Crippen molar-refractivity contribution in [3.8, 4) is 0 Å². The number of fused-ring (bicyclic) bond motifs is 1. The van der Waals surface area contributed by atoms with E-state index < -0.39 is 17.7 Å². The third-order valence-corrected chi connectivity index (χ3v) is 6.40. The number of nitrogens with zero attached hydrogens (tertiary/aromatic N) is 2. The van der Waals surface area contributed by atoms with Gasteiger partial charge in [0.05, 0.1) is 5.56 Å². The first-order chi connectivity index (χ1) is 17.2. The zero-order valence-electron chi connectivity index (χ0n) is 20.4. The predicted molar refractivity (Wildman–Crippen MR) is 137 cm³/mol. The topological polar surface area (TPSA) is 39.3 Å². The van der Waals surface area contributed by atoms with E-state index in [2.05, 4.69) is 4.98 Å². The van der Waals surface area contributed by atoms with Gasteiger partial charge in [-0.15, -0.1) is 0 Å². The first kappa shape index (κ1) is 25.5. The molecule has 0 bridgehead atoms. The minimum Gasteiger partial charge on any atom is -0.361 e. The van der Waals surface area contributed by atoms with E-state index in [-0.39, 0.29) is 17.9 Å². The fourth-order valence-corrected chi connectivity index (χ4v) is 4.55. The first-order valence-corrected chi connectivity index (χ1v) is 11.9. The Bertz CT molecular complexity index is 1300. The number of amides is 1. The molecule has 7 heteroatoms. The Morgan fingerprint density at radius 1 is 0.861 bits per heavy atom. The van der Waals surface area contributed by atoms with Gasteiger partial charge in [0, 0.05) is 49.1 Å². The largest absolute Gasteiger partial charge is 0.416 e. The highest BCUT2D eigenvalue weighted by Crippen LogP contribution is 2.41. The maximum atomic E-state index is 14.0. The predicted octanol–water partition coefficient (Wildman–Crippen LogP) is 6.30. The van der Waals surface area contributed by atoms with Gasteiger partial charge in [-0.25, -0.2) is 0 Å². The molecule has 1 amide bonds. The molecule has 1 aromatic heterocycles. The minimum absolute atomic E-state index is 0.0742. The van der Waals surface area contributed by atoms with Gasteiger partial charge in [0.1, 0.15) is 0 Å². The van der Waals surface area contributed by atoms with Gasteiger partial charge in [0.25, 0.3) is 0 Å². The third kappa shape index (κ3) is 5.97. The SMILES string of the molecule is CN(C)CCN(Cc1ccccc1)C(=O)CC(c1ccccc1C(F)(F)F)c1c[nH]c2ccccc12. The molecule has 0 aliphatic rings. The molecular formula is C29H30F3N3O. The summed E-state index contributed by atoms with van der Waals surface area (Å²) in [4.78, 5) is 20.6. The van der Waals surface area contributed by atoms with Gasteiger partial charge in [-0.2, -0.15) is 13.2 Å². The quantitative estimate of drug-likeness (QED) is 0.297. The van der Waals surface area contributed by atoms with Crippen LogP contribution < -0.4 is 0 Å². The average Bonchev–Trinajstić information content (AvgIpc) is 3.29. The second-order valence-electron chi connectivity index (χ2n) is 9.24. The number of hydrogen-bond donors (Lipinski definition) is 1. The van der Waals surface area contributed by atoms with E-state index in [0.717, 1.165) is 22.5 Å². The van der Waals surface area contributed by atoms with Gasteiger partial charge in [-0.3, -0.25) is 4.79 Å². The van der Waals surface area contributed by atoms with E-state index in [4.69, 9.17) is 0 Å². The molecule has 0 aliphatic heterocycles. The second-order valence-corrected chi connectivity index (χ2v) is 9.24. The molecule has 1 atom stereocenters. The first-order valence-electron chi connectivity index (χ1n) is 11.9. The maximum Gasteiger partial charge on any atom is 0.416 e. The number of para-hydroxylation sites is 1. The van der Waals surface area contributed by atoms with E-state index in [1.54, 1.807) is 17.2 Å². The Labute approximate surface area is 209 Å². The normalized spacial score (nSPS) is 12.7. The summed E-state index contributed by atoms with van der Waals surface area (Å²) in [5.74, 6) is -0.947. The molecule has 4 aromatic rings. The van der Waals surface area contributed by atoms with Crippen LogP contribution in [0.1, 0.15) is 34.6 Å². The number of benzene rings is 3. The number of likely N-dealkylation sites (N-methyl/N-ethyl adjacent to an activating group) is 1. The van der Waals surface area contributed by atoms with E-state index in [1.807, 2.05) is 73.6 Å². The van der Waals surface area contributed by atoms with Crippen LogP contribution in [0.2, 0.25) is 0 Å². The highest BCUT2D eigenvalue weighted by Gasteiger charge is 2.36. The molecule has 36 heavy (non-hydrogen) atoms. The van der Waals surface area contributed by atoms with Gasteiger partial charge in [0.15, 0.2) is 0 Å². The molecule has 0 radical (unpaired) electrons. The highest BCUT2D eigenvalue weighted by molar-refractivity contribution is 5.86. The smallest absolute Gasteiger partial charge is 0.361 e. The lowest BCUT2D eigenvalue weighted by molar-refractivity contribution is -0.139. The number of halogens is 3. The fourth-order valence-electron chi connectivity index (χ4n) is 4.55. The summed E-state index contributed by atoms with van der Waals surface area (Å²) in [6.07, 6.45) is -2.87. The number of alkyl halides is 3. The summed E-state index contributed by atoms with van der Waals surface area (Å²) in [5, 5.41) is 0.815. The van der Waals surface area contributed by atoms with Crippen LogP contribution in [0.3, 0.4) is 0 Å². The number of aromatic nitrogens is 1. The Balaban J connectivity index is 1.74. The molecule has 0 fully saturated rings. The zero-order chi connectivity index (χ0) is 25.7. The third-order valence-electron chi connectivity index (χ3n) is 6.40. The molecule has 3 aromatic carbocycles. The Morgan fingerprint density at radius 2 is 1.53 bits per heavy atom. The number of carbonyl (C=O) groups excluding carboxylic acids is 1. The molecule has 1 heterocycles. The van der Waals surface area contributed by atoms with Crippen molar-refractivity contribution in [3.63, 3.8) is 0 Å². The number of rotatable bonds is 9. The molecule has 4 nitrogen and oxygen atoms in total. The van der Waals surface area contributed by atoms with Crippen LogP contribution in [-0.4, -0.2) is 47.9 Å². The minimum atomic E-state index is -4.53. The average molecular weight is 494 g/mol. The van der Waals surface area contributed by atoms with E-state index in [9.17, 15) is 18.0 Å². The highest BCUT2D eigenvalue weighted by atomic mass is 19.4. The molecule has 1 unspecified atom stereocenters. The van der Waals surface area contributed by atoms with Crippen LogP contribution >= 0.6 is 0 Å². The van der Waals surface area contributed by atoms with Crippen LogP contribution in [0.25, 0.3) is 10.9 Å². The van der Waals surface area contributed by atoms with Gasteiger partial charge in [0.2, 0.25) is 5.91 Å². The standard InChI is InChI=1S/C29H30F3N3O/c1-34(2)16-17-35(20-21-10-4-3-5-11-21)28(36)18-24(22-12-6-8-14-26(22)29(30,31)32)25-19-33-27-15-9-7-13-23(25)27/h3-15,19,24,33H,16-18,20H2,1-2H3. The van der Waals surface area contributed by atoms with Gasteiger partial charge in [-0.1, -0.05) is 66.7 Å². The van der Waals surface area contributed by atoms with Crippen molar-refractivity contribution in [2.75, 3.05) is 27.2 Å². The van der Waals surface area contributed by atoms with E-state index >= 15 is 0 Å². The van der Waals surface area contributed by atoms with Crippen molar-refractivity contribution in [1.29, 1.82) is 0 Å². The number of hydrogen-bond acceptors (Lipinski definition) is 2. The summed E-state index contributed by atoms with van der Waals surface area (Å²) >= 11 is 0. The van der Waals surface area contributed by atoms with Crippen LogP contribution in [-0.2, 0) is 17.5 Å². The lowest BCUT2D eigenvalue weighted by atomic mass is 9.85. The summed E-state index contributed by atoms with van der Waals surface area (Å²) in [7, 11) is 3.86. The maximum absolute atomic E-state index is 14.0. The van der Waals surface area contributed by atoms with Gasteiger partial charge >= 0.3 is 6.18 Å². The second kappa shape index (κ2) is 11.0. The number of carbonyl (C=O) groups is 1. The summed E-state index contributed by atoms with van der Waals surface area (Å²) in [6.45, 7) is 1.52. The van der Waals surface area contributed by atoms with Crippen molar-refractivity contribution < 1.29 is 18.0 Å². The molecule has 188 valence electrons. The van der Waals surface area contributed by atoms with Crippen molar-refractivity contribution in [2.24, 2.45) is 0 Å². The summed E-state index contributed by atoms with van der Waals surface area (Å²) in [6, 6.07) is 22.7. The number of aromatic amines is 1. The van der Waals surface area contributed by atoms with E-state index in [1.165, 1.54) is 12.1 Å². The molecule has 0 spiro atoms. The van der Waals surface area contributed by atoms with Crippen LogP contribution in [0.15, 0.2) is 85.1 Å². The number of nitrogens with one attached hydrogen (secondary N) is 1. The Kier molecular flexibility index (Phi) is 7.79. The van der Waals surface area contributed by atoms with Gasteiger partial charge in [-0.05, 0) is 42.9 Å². The fraction of sp³-hybridized carbons (Fsp3) is 0.276. The molecule has 4 rings (SSSR count). The van der Waals surface area contributed by atoms with Crippen LogP contribution in [0.5, 0.6) is 0 Å². The molecular weight excluding hydrogens is 463 g/mol. The summed E-state index contributed by atoms with van der Waals surface area (Å²) in [5.41, 5.74) is 1.88. The van der Waals surface area contributed by atoms with E-state index in [0.29, 0.717) is 25.2 Å². The number of H-pyrrole nitrogens is 1. The lowest BCUT2D eigenvalue weighted by Crippen LogP contribution is -2.37. The summed E-state index contributed by atoms with van der Waals surface area (Å²) < 4.78 is 42.1. The van der Waals surface area contributed by atoms with Gasteiger partial charge < -0.3 is 14.8 Å². The van der Waals surface area contributed by atoms with Crippen molar-refractivity contribution in [3.05, 3.63) is 107 Å². The van der Waals surface area contributed by atoms with Crippen molar-refractivity contribution in [2.45, 2.75) is 25.1 Å². The lowest BCUT2D eigenvalue weighted by Gasteiger charge is -2.28. The Hall–Kier alpha value is -3.58. The van der Waals surface area contributed by atoms with Crippen molar-refractivity contribution >= 4 is 16.8 Å². The molecule has 0 saturated carbocycles. The van der Waals surface area contributed by atoms with Crippen LogP contribution in [0, 0.1) is 0 Å².